The number of hydrogen-bond donors (Lipinski definition) is 0. The molecule has 0 unspecified atom stereocenters. The van der Waals surface area contributed by atoms with Crippen LogP contribution in [0.1, 0.15) is 41.9 Å². The van der Waals surface area contributed by atoms with Crippen molar-refractivity contribution in [1.29, 1.82) is 0 Å². The Morgan fingerprint density at radius 3 is 1.67 bits per heavy atom. The predicted molar refractivity (Wildman–Crippen MR) is 54.2 cm³/mol. The van der Waals surface area contributed by atoms with Crippen molar-refractivity contribution in [3.05, 3.63) is 0 Å². The van der Waals surface area contributed by atoms with Crippen molar-refractivity contribution >= 4 is 23.1 Å². The molecule has 0 N–H and O–H groups in total. The predicted octanol–water partition coefficient (Wildman–Crippen LogP) is 2.92. The number of rotatable bonds is 0. The standard InChI is InChI=1S/C11H18.Mg.2H/c1-7-10-3-8-2-9(5-10)6-11(7)4-8;;;/h7-11H,2-6H2,1H3;;;/q;+2;2*-1. The van der Waals surface area contributed by atoms with Crippen molar-refractivity contribution in [3.63, 3.8) is 0 Å². The monoisotopic (exact) mass is 176 g/mol. The summed E-state index contributed by atoms with van der Waals surface area (Å²) in [6, 6.07) is 0. The van der Waals surface area contributed by atoms with Crippen LogP contribution in [-0.2, 0) is 0 Å². The summed E-state index contributed by atoms with van der Waals surface area (Å²) < 4.78 is 0. The van der Waals surface area contributed by atoms with Gasteiger partial charge in [-0.25, -0.2) is 0 Å². The average molecular weight is 177 g/mol. The zero-order valence-corrected chi connectivity index (χ0v) is 9.54. The Morgan fingerprint density at radius 1 is 0.833 bits per heavy atom. The second-order valence-electron chi connectivity index (χ2n) is 5.29. The zero-order valence-electron chi connectivity index (χ0n) is 10.1. The SMILES string of the molecule is CC1C2CC3CC(C2)CC1C3.[H-].[H-].[Mg+2]. The second kappa shape index (κ2) is 3.16. The Morgan fingerprint density at radius 2 is 1.25 bits per heavy atom. The molecule has 12 heavy (non-hydrogen) atoms. The molecule has 0 aromatic rings. The van der Waals surface area contributed by atoms with E-state index in [0.29, 0.717) is 0 Å². The fourth-order valence-electron chi connectivity index (χ4n) is 4.20. The quantitative estimate of drug-likeness (QED) is 0.498. The largest absolute Gasteiger partial charge is 2.00 e. The van der Waals surface area contributed by atoms with E-state index >= 15 is 0 Å². The molecule has 66 valence electrons. The molecule has 0 nitrogen and oxygen atoms in total. The van der Waals surface area contributed by atoms with Gasteiger partial charge in [-0.1, -0.05) is 6.92 Å². The van der Waals surface area contributed by atoms with Gasteiger partial charge in [0.05, 0.1) is 0 Å². The maximum atomic E-state index is 2.51. The molecule has 0 saturated heterocycles. The van der Waals surface area contributed by atoms with E-state index in [1.807, 2.05) is 0 Å². The van der Waals surface area contributed by atoms with Gasteiger partial charge in [-0.15, -0.1) is 0 Å². The first-order valence-electron chi connectivity index (χ1n) is 5.33. The van der Waals surface area contributed by atoms with Crippen LogP contribution in [0.2, 0.25) is 0 Å². The third kappa shape index (κ3) is 1.24. The van der Waals surface area contributed by atoms with Crippen molar-refractivity contribution in [1.82, 2.24) is 0 Å². The van der Waals surface area contributed by atoms with Gasteiger partial charge >= 0.3 is 23.1 Å². The smallest absolute Gasteiger partial charge is 1.00 e. The summed E-state index contributed by atoms with van der Waals surface area (Å²) in [6.07, 6.45) is 7.96. The Hall–Kier alpha value is 0.766. The summed E-state index contributed by atoms with van der Waals surface area (Å²) in [7, 11) is 0. The van der Waals surface area contributed by atoms with E-state index in [-0.39, 0.29) is 25.9 Å². The van der Waals surface area contributed by atoms with E-state index in [4.69, 9.17) is 0 Å². The first-order chi connectivity index (χ1) is 5.33. The molecule has 4 fully saturated rings. The van der Waals surface area contributed by atoms with Gasteiger partial charge in [0.2, 0.25) is 0 Å². The molecule has 4 bridgehead atoms. The van der Waals surface area contributed by atoms with Gasteiger partial charge in [0.1, 0.15) is 0 Å². The summed E-state index contributed by atoms with van der Waals surface area (Å²) in [4.78, 5) is 0. The Labute approximate surface area is 94.6 Å². The summed E-state index contributed by atoms with van der Waals surface area (Å²) in [5.41, 5.74) is 0. The number of hydrogen-bond acceptors (Lipinski definition) is 0. The maximum Gasteiger partial charge on any atom is 2.00 e. The van der Waals surface area contributed by atoms with Gasteiger partial charge in [0.25, 0.3) is 0 Å². The fourth-order valence-corrected chi connectivity index (χ4v) is 4.20. The van der Waals surface area contributed by atoms with Crippen LogP contribution in [0.15, 0.2) is 0 Å². The van der Waals surface area contributed by atoms with Gasteiger partial charge in [-0.05, 0) is 61.7 Å². The van der Waals surface area contributed by atoms with Crippen molar-refractivity contribution in [2.24, 2.45) is 29.6 Å². The minimum absolute atomic E-state index is 0. The first-order valence-corrected chi connectivity index (χ1v) is 5.33. The van der Waals surface area contributed by atoms with Crippen LogP contribution in [0.3, 0.4) is 0 Å². The maximum absolute atomic E-state index is 2.51. The third-order valence-corrected chi connectivity index (χ3v) is 4.70. The van der Waals surface area contributed by atoms with E-state index in [0.717, 1.165) is 29.6 Å². The van der Waals surface area contributed by atoms with Crippen molar-refractivity contribution in [2.45, 2.75) is 39.0 Å². The molecule has 4 rings (SSSR count). The molecular weight excluding hydrogens is 156 g/mol. The van der Waals surface area contributed by atoms with Crippen molar-refractivity contribution < 1.29 is 2.85 Å². The minimum Gasteiger partial charge on any atom is -1.00 e. The van der Waals surface area contributed by atoms with Gasteiger partial charge in [-0.3, -0.25) is 0 Å². The minimum atomic E-state index is 0. The normalized spacial score (nSPS) is 55.2. The van der Waals surface area contributed by atoms with Crippen LogP contribution < -0.4 is 0 Å². The fraction of sp³-hybridized carbons (Fsp3) is 1.00. The molecule has 0 radical (unpaired) electrons. The van der Waals surface area contributed by atoms with Gasteiger partial charge < -0.3 is 2.85 Å². The van der Waals surface area contributed by atoms with Crippen molar-refractivity contribution in [2.75, 3.05) is 0 Å². The molecule has 0 heterocycles. The molecule has 1 heteroatoms. The van der Waals surface area contributed by atoms with Gasteiger partial charge in [0.15, 0.2) is 0 Å². The molecule has 0 atom stereocenters. The average Bonchev–Trinajstić information content (AvgIpc) is 1.98. The van der Waals surface area contributed by atoms with Crippen LogP contribution in [0.5, 0.6) is 0 Å². The third-order valence-electron chi connectivity index (χ3n) is 4.70. The summed E-state index contributed by atoms with van der Waals surface area (Å²) in [5.74, 6) is 5.70. The Balaban J connectivity index is 0.000000563. The summed E-state index contributed by atoms with van der Waals surface area (Å²) >= 11 is 0. The topological polar surface area (TPSA) is 0 Å². The molecule has 0 aromatic carbocycles. The molecule has 4 aliphatic rings. The van der Waals surface area contributed by atoms with E-state index < -0.39 is 0 Å². The van der Waals surface area contributed by atoms with Gasteiger partial charge in [-0.2, -0.15) is 0 Å². The van der Waals surface area contributed by atoms with Gasteiger partial charge in [0, 0.05) is 0 Å². The molecule has 0 aromatic heterocycles. The van der Waals surface area contributed by atoms with Crippen LogP contribution in [0.25, 0.3) is 0 Å². The summed E-state index contributed by atoms with van der Waals surface area (Å²) in [5, 5.41) is 0. The van der Waals surface area contributed by atoms with E-state index in [1.54, 1.807) is 32.1 Å². The Bertz CT molecular complexity index is 156. The zero-order chi connectivity index (χ0) is 7.42. The molecule has 0 amide bonds. The Kier molecular flexibility index (Phi) is 2.46. The van der Waals surface area contributed by atoms with Crippen LogP contribution in [0, 0.1) is 29.6 Å². The van der Waals surface area contributed by atoms with Crippen LogP contribution >= 0.6 is 0 Å². The van der Waals surface area contributed by atoms with Crippen molar-refractivity contribution in [3.8, 4) is 0 Å². The van der Waals surface area contributed by atoms with E-state index in [2.05, 4.69) is 6.92 Å². The first kappa shape index (κ1) is 9.33. The molecular formula is C11H20Mg. The molecule has 0 aliphatic heterocycles. The van der Waals surface area contributed by atoms with E-state index in [9.17, 15) is 0 Å². The summed E-state index contributed by atoms with van der Waals surface area (Å²) in [6.45, 7) is 2.51. The molecule has 4 aliphatic carbocycles. The van der Waals surface area contributed by atoms with Crippen LogP contribution in [0.4, 0.5) is 0 Å². The molecule has 4 saturated carbocycles. The second-order valence-corrected chi connectivity index (χ2v) is 5.29. The van der Waals surface area contributed by atoms with E-state index in [1.165, 1.54) is 0 Å². The molecule has 0 spiro atoms. The van der Waals surface area contributed by atoms with Crippen LogP contribution in [-0.4, -0.2) is 23.1 Å².